The van der Waals surface area contributed by atoms with Crippen LogP contribution in [0.15, 0.2) is 42.7 Å². The third kappa shape index (κ3) is 7.74. The second-order valence-corrected chi connectivity index (χ2v) is 9.85. The van der Waals surface area contributed by atoms with Crippen molar-refractivity contribution in [3.8, 4) is 0 Å². The Kier molecular flexibility index (Phi) is 9.37. The van der Waals surface area contributed by atoms with Crippen molar-refractivity contribution in [2.75, 3.05) is 44.3 Å². The van der Waals surface area contributed by atoms with E-state index >= 15 is 0 Å². The van der Waals surface area contributed by atoms with Crippen LogP contribution in [0.1, 0.15) is 24.5 Å². The minimum Gasteiger partial charge on any atom is -0.378 e. The van der Waals surface area contributed by atoms with Crippen molar-refractivity contribution in [3.63, 3.8) is 0 Å². The predicted molar refractivity (Wildman–Crippen MR) is 126 cm³/mol. The Bertz CT molecular complexity index is 842. The van der Waals surface area contributed by atoms with Crippen molar-refractivity contribution in [2.24, 2.45) is 0 Å². The quantitative estimate of drug-likeness (QED) is 0.383. The van der Waals surface area contributed by atoms with E-state index < -0.39 is 3.79 Å². The Labute approximate surface area is 203 Å². The van der Waals surface area contributed by atoms with E-state index in [1.54, 1.807) is 0 Å². The molecule has 1 aliphatic rings. The molecule has 7 nitrogen and oxygen atoms in total. The van der Waals surface area contributed by atoms with Crippen molar-refractivity contribution < 1.29 is 14.3 Å². The number of amides is 1. The number of hydrogen-bond acceptors (Lipinski definition) is 6. The van der Waals surface area contributed by atoms with E-state index in [0.717, 1.165) is 5.56 Å². The lowest BCUT2D eigenvalue weighted by atomic mass is 10.2. The molecule has 1 aromatic carbocycles. The van der Waals surface area contributed by atoms with E-state index in [1.165, 1.54) is 12.4 Å². The molecule has 2 aromatic rings. The molecule has 0 bridgehead atoms. The van der Waals surface area contributed by atoms with E-state index in [0.29, 0.717) is 63.9 Å². The third-order valence-electron chi connectivity index (χ3n) is 5.07. The summed E-state index contributed by atoms with van der Waals surface area (Å²) in [5, 5.41) is 0. The molecule has 32 heavy (non-hydrogen) atoms. The molecular weight excluding hydrogens is 475 g/mol. The van der Waals surface area contributed by atoms with Gasteiger partial charge in [-0.15, -0.1) is 0 Å². The van der Waals surface area contributed by atoms with Crippen molar-refractivity contribution in [1.82, 2.24) is 14.9 Å². The first-order valence-corrected chi connectivity index (χ1v) is 11.6. The number of ether oxygens (including phenoxy) is 2. The number of halogens is 3. The normalized spacial score (nSPS) is 15.6. The van der Waals surface area contributed by atoms with Gasteiger partial charge in [-0.3, -0.25) is 4.79 Å². The fourth-order valence-electron chi connectivity index (χ4n) is 3.21. The average Bonchev–Trinajstić information content (AvgIpc) is 2.80. The van der Waals surface area contributed by atoms with Gasteiger partial charge in [-0.2, -0.15) is 0 Å². The van der Waals surface area contributed by atoms with Gasteiger partial charge in [0, 0.05) is 44.1 Å². The number of piperazine rings is 1. The molecule has 1 aliphatic heterocycles. The Morgan fingerprint density at radius 3 is 2.38 bits per heavy atom. The highest BCUT2D eigenvalue weighted by molar-refractivity contribution is 6.66. The van der Waals surface area contributed by atoms with Crippen molar-refractivity contribution in [1.29, 1.82) is 0 Å². The van der Waals surface area contributed by atoms with E-state index in [4.69, 9.17) is 44.3 Å². The lowest BCUT2D eigenvalue weighted by Gasteiger charge is -2.34. The standard InChI is InChI=1S/C22H27Cl3N4O3/c1-17(32-16-18-5-3-2-4-6-18)15-31-12-7-20(30)28-8-10-29(11-9-28)21-26-13-19(14-27-21)22(23,24)25/h2-6,13-14,17H,7-12,15-16H2,1H3. The minimum absolute atomic E-state index is 0.0400. The zero-order valence-corrected chi connectivity index (χ0v) is 20.2. The summed E-state index contributed by atoms with van der Waals surface area (Å²) in [6.07, 6.45) is 3.32. The zero-order valence-electron chi connectivity index (χ0n) is 17.9. The fourth-order valence-corrected chi connectivity index (χ4v) is 3.51. The van der Waals surface area contributed by atoms with E-state index in [1.807, 2.05) is 47.1 Å². The summed E-state index contributed by atoms with van der Waals surface area (Å²) in [6, 6.07) is 10.0. The summed E-state index contributed by atoms with van der Waals surface area (Å²) < 4.78 is 9.87. The van der Waals surface area contributed by atoms with E-state index in [9.17, 15) is 4.79 Å². The van der Waals surface area contributed by atoms with Gasteiger partial charge in [0.25, 0.3) is 0 Å². The smallest absolute Gasteiger partial charge is 0.225 e. The Hall–Kier alpha value is -1.64. The first kappa shape index (κ1) is 25.0. The second-order valence-electron chi connectivity index (χ2n) is 7.57. The van der Waals surface area contributed by atoms with Gasteiger partial charge in [-0.05, 0) is 12.5 Å². The highest BCUT2D eigenvalue weighted by atomic mass is 35.6. The number of carbonyl (C=O) groups excluding carboxylic acids is 1. The molecule has 0 spiro atoms. The van der Waals surface area contributed by atoms with Gasteiger partial charge in [0.15, 0.2) is 0 Å². The van der Waals surface area contributed by atoms with Gasteiger partial charge in [0.2, 0.25) is 15.6 Å². The fraction of sp³-hybridized carbons (Fsp3) is 0.500. The van der Waals surface area contributed by atoms with Gasteiger partial charge >= 0.3 is 0 Å². The van der Waals surface area contributed by atoms with Gasteiger partial charge in [0.1, 0.15) is 0 Å². The first-order valence-electron chi connectivity index (χ1n) is 10.5. The van der Waals surface area contributed by atoms with E-state index in [2.05, 4.69) is 9.97 Å². The number of alkyl halides is 3. The van der Waals surface area contributed by atoms with E-state index in [-0.39, 0.29) is 12.0 Å². The Balaban J connectivity index is 1.31. The lowest BCUT2D eigenvalue weighted by Crippen LogP contribution is -2.49. The van der Waals surface area contributed by atoms with Crippen LogP contribution in [0.3, 0.4) is 0 Å². The van der Waals surface area contributed by atoms with Gasteiger partial charge in [-0.25, -0.2) is 9.97 Å². The second kappa shape index (κ2) is 12.0. The van der Waals surface area contributed by atoms with Crippen LogP contribution in [0, 0.1) is 0 Å². The maximum atomic E-state index is 12.5. The molecule has 0 saturated carbocycles. The molecule has 0 radical (unpaired) electrons. The Morgan fingerprint density at radius 1 is 1.09 bits per heavy atom. The first-order chi connectivity index (χ1) is 15.3. The van der Waals surface area contributed by atoms with Crippen LogP contribution in [0.4, 0.5) is 5.95 Å². The van der Waals surface area contributed by atoms with Gasteiger partial charge in [0.05, 0.1) is 32.3 Å². The monoisotopic (exact) mass is 500 g/mol. The SMILES string of the molecule is CC(COCCC(=O)N1CCN(c2ncc(C(Cl)(Cl)Cl)cn2)CC1)OCc1ccccc1. The molecule has 1 amide bonds. The molecule has 1 fully saturated rings. The number of carbonyl (C=O) groups is 1. The lowest BCUT2D eigenvalue weighted by molar-refractivity contribution is -0.133. The van der Waals surface area contributed by atoms with Crippen LogP contribution in [0.25, 0.3) is 0 Å². The number of benzene rings is 1. The third-order valence-corrected chi connectivity index (χ3v) is 5.73. The molecule has 1 saturated heterocycles. The zero-order chi connectivity index (χ0) is 23.0. The summed E-state index contributed by atoms with van der Waals surface area (Å²) in [4.78, 5) is 24.9. The maximum Gasteiger partial charge on any atom is 0.225 e. The van der Waals surface area contributed by atoms with Crippen molar-refractivity contribution in [3.05, 3.63) is 53.9 Å². The molecule has 2 heterocycles. The molecule has 174 valence electrons. The highest BCUT2D eigenvalue weighted by Crippen LogP contribution is 2.37. The van der Waals surface area contributed by atoms with Crippen LogP contribution in [-0.2, 0) is 24.7 Å². The van der Waals surface area contributed by atoms with Crippen LogP contribution < -0.4 is 4.90 Å². The number of anilines is 1. The van der Waals surface area contributed by atoms with Gasteiger partial charge < -0.3 is 19.3 Å². The molecule has 3 rings (SSSR count). The molecule has 0 aliphatic carbocycles. The average molecular weight is 502 g/mol. The largest absolute Gasteiger partial charge is 0.378 e. The molecule has 1 aromatic heterocycles. The van der Waals surface area contributed by atoms with Crippen LogP contribution >= 0.6 is 34.8 Å². The molecule has 0 N–H and O–H groups in total. The van der Waals surface area contributed by atoms with Crippen LogP contribution in [0.2, 0.25) is 0 Å². The molecule has 1 atom stereocenters. The summed E-state index contributed by atoms with van der Waals surface area (Å²) in [6.45, 7) is 5.83. The molecule has 10 heteroatoms. The number of aromatic nitrogens is 2. The summed E-state index contributed by atoms with van der Waals surface area (Å²) in [5.74, 6) is 0.637. The summed E-state index contributed by atoms with van der Waals surface area (Å²) in [5.41, 5.74) is 1.54. The Morgan fingerprint density at radius 2 is 1.75 bits per heavy atom. The number of rotatable bonds is 9. The van der Waals surface area contributed by atoms with Gasteiger partial charge in [-0.1, -0.05) is 65.1 Å². The van der Waals surface area contributed by atoms with Crippen LogP contribution in [-0.4, -0.2) is 66.3 Å². The maximum absolute atomic E-state index is 12.5. The number of nitrogens with zero attached hydrogens (tertiary/aromatic N) is 4. The van der Waals surface area contributed by atoms with Crippen LogP contribution in [0.5, 0.6) is 0 Å². The molecule has 1 unspecified atom stereocenters. The summed E-state index contributed by atoms with van der Waals surface area (Å²) in [7, 11) is 0. The topological polar surface area (TPSA) is 67.8 Å². The van der Waals surface area contributed by atoms with Crippen molar-refractivity contribution >= 4 is 46.7 Å². The van der Waals surface area contributed by atoms with Crippen molar-refractivity contribution in [2.45, 2.75) is 29.8 Å². The number of hydrogen-bond donors (Lipinski definition) is 0. The summed E-state index contributed by atoms with van der Waals surface area (Å²) >= 11 is 17.5. The predicted octanol–water partition coefficient (Wildman–Crippen LogP) is 3.96. The molecular formula is C22H27Cl3N4O3. The minimum atomic E-state index is -1.54. The highest BCUT2D eigenvalue weighted by Gasteiger charge is 2.26.